The van der Waals surface area contributed by atoms with Crippen LogP contribution in [0.5, 0.6) is 0 Å². The molecule has 3 rings (SSSR count). The van der Waals surface area contributed by atoms with E-state index in [1.807, 2.05) is 12.1 Å². The Bertz CT molecular complexity index is 1070. The lowest BCUT2D eigenvalue weighted by Gasteiger charge is -2.12. The van der Waals surface area contributed by atoms with Crippen molar-refractivity contribution in [1.82, 2.24) is 14.8 Å². The van der Waals surface area contributed by atoms with Gasteiger partial charge in [-0.1, -0.05) is 23.4 Å². The normalized spacial score (nSPS) is 11.9. The van der Waals surface area contributed by atoms with Crippen molar-refractivity contribution in [3.63, 3.8) is 0 Å². The van der Waals surface area contributed by atoms with Crippen LogP contribution < -0.4 is 5.32 Å². The number of nitro groups is 1. The molecule has 1 heterocycles. The maximum Gasteiger partial charge on any atom is 0.306 e. The number of nitrogens with one attached hydrogen (secondary N) is 1. The van der Waals surface area contributed by atoms with Gasteiger partial charge in [0.05, 0.1) is 10.2 Å². The molecule has 0 bridgehead atoms. The largest absolute Gasteiger partial charge is 0.325 e. The SMILES string of the molecule is CC(Sc1nnc(-c2ccc(Cl)cc2)n1C)C(=O)Nc1ccc(F)c([N+](=O)[O-])c1. The molecule has 0 saturated heterocycles. The van der Waals surface area contributed by atoms with Crippen molar-refractivity contribution in [1.29, 1.82) is 0 Å². The van der Waals surface area contributed by atoms with Crippen molar-refractivity contribution in [2.45, 2.75) is 17.3 Å². The summed E-state index contributed by atoms with van der Waals surface area (Å²) >= 11 is 7.07. The molecule has 0 saturated carbocycles. The fraction of sp³-hybridized carbons (Fsp3) is 0.167. The zero-order valence-electron chi connectivity index (χ0n) is 15.3. The summed E-state index contributed by atoms with van der Waals surface area (Å²) < 4.78 is 15.2. The Labute approximate surface area is 174 Å². The van der Waals surface area contributed by atoms with Crippen molar-refractivity contribution in [2.75, 3.05) is 5.32 Å². The average molecular weight is 436 g/mol. The third kappa shape index (κ3) is 4.72. The van der Waals surface area contributed by atoms with E-state index >= 15 is 0 Å². The molecule has 0 aliphatic carbocycles. The molecule has 0 radical (unpaired) electrons. The van der Waals surface area contributed by atoms with E-state index in [0.717, 1.165) is 17.7 Å². The van der Waals surface area contributed by atoms with E-state index in [1.54, 1.807) is 30.7 Å². The fourth-order valence-electron chi connectivity index (χ4n) is 2.45. The van der Waals surface area contributed by atoms with Gasteiger partial charge in [0.15, 0.2) is 11.0 Å². The van der Waals surface area contributed by atoms with Gasteiger partial charge in [0, 0.05) is 29.4 Å². The number of carbonyl (C=O) groups excluding carboxylic acids is 1. The van der Waals surface area contributed by atoms with E-state index in [9.17, 15) is 19.3 Å². The van der Waals surface area contributed by atoms with E-state index in [4.69, 9.17) is 11.6 Å². The van der Waals surface area contributed by atoms with Crippen molar-refractivity contribution in [3.8, 4) is 11.4 Å². The molecule has 0 spiro atoms. The van der Waals surface area contributed by atoms with Crippen LogP contribution >= 0.6 is 23.4 Å². The molecule has 11 heteroatoms. The lowest BCUT2D eigenvalue weighted by Crippen LogP contribution is -2.23. The number of benzene rings is 2. The standard InChI is InChI=1S/C18H15ClFN5O3S/c1-10(17(26)21-13-7-8-14(20)15(9-13)25(27)28)29-18-23-22-16(24(18)2)11-3-5-12(19)6-4-11/h3-10H,1-2H3,(H,21,26). The van der Waals surface area contributed by atoms with Crippen LogP contribution in [-0.4, -0.2) is 30.8 Å². The zero-order valence-corrected chi connectivity index (χ0v) is 16.9. The van der Waals surface area contributed by atoms with Gasteiger partial charge in [0.2, 0.25) is 11.7 Å². The van der Waals surface area contributed by atoms with Gasteiger partial charge in [-0.3, -0.25) is 14.9 Å². The van der Waals surface area contributed by atoms with Gasteiger partial charge in [0.1, 0.15) is 0 Å². The Morgan fingerprint density at radius 3 is 2.62 bits per heavy atom. The molecule has 3 aromatic rings. The third-order valence-electron chi connectivity index (χ3n) is 4.00. The highest BCUT2D eigenvalue weighted by molar-refractivity contribution is 8.00. The molecule has 150 valence electrons. The van der Waals surface area contributed by atoms with Crippen LogP contribution in [0.2, 0.25) is 5.02 Å². The molecule has 1 amide bonds. The highest BCUT2D eigenvalue weighted by atomic mass is 35.5. The van der Waals surface area contributed by atoms with Gasteiger partial charge < -0.3 is 9.88 Å². The summed E-state index contributed by atoms with van der Waals surface area (Å²) in [6, 6.07) is 10.3. The first-order valence-electron chi connectivity index (χ1n) is 8.33. The van der Waals surface area contributed by atoms with E-state index < -0.39 is 27.6 Å². The minimum absolute atomic E-state index is 0.135. The Balaban J connectivity index is 1.71. The lowest BCUT2D eigenvalue weighted by atomic mass is 10.2. The first-order valence-corrected chi connectivity index (χ1v) is 9.59. The molecular weight excluding hydrogens is 421 g/mol. The molecule has 29 heavy (non-hydrogen) atoms. The molecule has 1 N–H and O–H groups in total. The Morgan fingerprint density at radius 1 is 1.28 bits per heavy atom. The number of thioether (sulfide) groups is 1. The number of nitrogens with zero attached hydrogens (tertiary/aromatic N) is 4. The Morgan fingerprint density at radius 2 is 1.97 bits per heavy atom. The van der Waals surface area contributed by atoms with Crippen LogP contribution in [0.15, 0.2) is 47.6 Å². The smallest absolute Gasteiger partial charge is 0.306 e. The summed E-state index contributed by atoms with van der Waals surface area (Å²) in [6.07, 6.45) is 0. The molecule has 1 atom stereocenters. The number of amides is 1. The molecule has 0 aliphatic rings. The predicted octanol–water partition coefficient (Wildman–Crippen LogP) is 4.30. The molecule has 1 aromatic heterocycles. The second kappa shape index (κ2) is 8.58. The second-order valence-corrected chi connectivity index (χ2v) is 7.79. The first kappa shape index (κ1) is 20.7. The van der Waals surface area contributed by atoms with Crippen LogP contribution in [0, 0.1) is 15.9 Å². The number of rotatable bonds is 6. The maximum absolute atomic E-state index is 13.4. The maximum atomic E-state index is 13.4. The highest BCUT2D eigenvalue weighted by Crippen LogP contribution is 2.28. The van der Waals surface area contributed by atoms with Crippen LogP contribution in [0.1, 0.15) is 6.92 Å². The number of hydrogen-bond donors (Lipinski definition) is 1. The molecule has 2 aromatic carbocycles. The number of halogens is 2. The molecule has 0 fully saturated rings. The average Bonchev–Trinajstić information content (AvgIpc) is 3.04. The van der Waals surface area contributed by atoms with E-state index in [0.29, 0.717) is 16.0 Å². The van der Waals surface area contributed by atoms with E-state index in [2.05, 4.69) is 15.5 Å². The van der Waals surface area contributed by atoms with Crippen LogP contribution in [0.25, 0.3) is 11.4 Å². The Kier molecular flexibility index (Phi) is 6.14. The summed E-state index contributed by atoms with van der Waals surface area (Å²) in [5.74, 6) is -0.762. The molecule has 1 unspecified atom stereocenters. The minimum Gasteiger partial charge on any atom is -0.325 e. The van der Waals surface area contributed by atoms with Crippen LogP contribution in [-0.2, 0) is 11.8 Å². The van der Waals surface area contributed by atoms with Gasteiger partial charge in [-0.15, -0.1) is 10.2 Å². The van der Waals surface area contributed by atoms with Crippen molar-refractivity contribution in [3.05, 3.63) is 63.4 Å². The van der Waals surface area contributed by atoms with E-state index in [-0.39, 0.29) is 5.69 Å². The first-order chi connectivity index (χ1) is 13.8. The molecular formula is C18H15ClFN5O3S. The van der Waals surface area contributed by atoms with Crippen LogP contribution in [0.4, 0.5) is 15.8 Å². The Hall–Kier alpha value is -2.98. The van der Waals surface area contributed by atoms with Gasteiger partial charge in [-0.2, -0.15) is 4.39 Å². The molecule has 0 aliphatic heterocycles. The van der Waals surface area contributed by atoms with Gasteiger partial charge >= 0.3 is 5.69 Å². The number of hydrogen-bond acceptors (Lipinski definition) is 6. The van der Waals surface area contributed by atoms with Crippen molar-refractivity contribution >= 4 is 40.6 Å². The highest BCUT2D eigenvalue weighted by Gasteiger charge is 2.21. The quantitative estimate of drug-likeness (QED) is 0.351. The topological polar surface area (TPSA) is 103 Å². The number of anilines is 1. The predicted molar refractivity (Wildman–Crippen MR) is 108 cm³/mol. The fourth-order valence-corrected chi connectivity index (χ4v) is 3.39. The van der Waals surface area contributed by atoms with Gasteiger partial charge in [0.25, 0.3) is 0 Å². The minimum atomic E-state index is -0.968. The summed E-state index contributed by atoms with van der Waals surface area (Å²) in [4.78, 5) is 22.4. The zero-order chi connectivity index (χ0) is 21.1. The number of aromatic nitrogens is 3. The van der Waals surface area contributed by atoms with Crippen LogP contribution in [0.3, 0.4) is 0 Å². The number of carbonyl (C=O) groups is 1. The second-order valence-electron chi connectivity index (χ2n) is 6.04. The molecule has 8 nitrogen and oxygen atoms in total. The van der Waals surface area contributed by atoms with E-state index in [1.165, 1.54) is 17.8 Å². The van der Waals surface area contributed by atoms with Crippen molar-refractivity contribution < 1.29 is 14.1 Å². The third-order valence-corrected chi connectivity index (χ3v) is 5.39. The summed E-state index contributed by atoms with van der Waals surface area (Å²) in [5, 5.41) is 22.2. The number of nitro benzene ring substituents is 1. The summed E-state index contributed by atoms with van der Waals surface area (Å²) in [6.45, 7) is 1.66. The summed E-state index contributed by atoms with van der Waals surface area (Å²) in [5.41, 5.74) is 0.256. The summed E-state index contributed by atoms with van der Waals surface area (Å²) in [7, 11) is 1.78. The van der Waals surface area contributed by atoms with Gasteiger partial charge in [-0.25, -0.2) is 0 Å². The van der Waals surface area contributed by atoms with Gasteiger partial charge in [-0.05, 0) is 43.3 Å². The monoisotopic (exact) mass is 435 g/mol. The van der Waals surface area contributed by atoms with Crippen molar-refractivity contribution in [2.24, 2.45) is 7.05 Å². The lowest BCUT2D eigenvalue weighted by molar-refractivity contribution is -0.387.